The third-order valence-corrected chi connectivity index (χ3v) is 5.40. The van der Waals surface area contributed by atoms with Gasteiger partial charge in [0, 0.05) is 31.9 Å². The van der Waals surface area contributed by atoms with Crippen LogP contribution in [0.4, 0.5) is 10.5 Å². The largest absolute Gasteiger partial charge is 0.334 e. The predicted molar refractivity (Wildman–Crippen MR) is 119 cm³/mol. The number of benzene rings is 2. The van der Waals surface area contributed by atoms with E-state index in [1.54, 1.807) is 31.5 Å². The summed E-state index contributed by atoms with van der Waals surface area (Å²) in [6.07, 6.45) is 1.85. The first-order valence-electron chi connectivity index (χ1n) is 10.3. The van der Waals surface area contributed by atoms with E-state index in [1.165, 1.54) is 12.1 Å². The van der Waals surface area contributed by atoms with Crippen LogP contribution in [-0.2, 0) is 16.1 Å². The molecule has 2 aromatic carbocycles. The Kier molecular flexibility index (Phi) is 5.99. The lowest BCUT2D eigenvalue weighted by molar-refractivity contribution is -0.136. The van der Waals surface area contributed by atoms with Crippen molar-refractivity contribution >= 4 is 41.6 Å². The van der Waals surface area contributed by atoms with E-state index in [4.69, 9.17) is 0 Å². The molecule has 1 atom stereocenters. The van der Waals surface area contributed by atoms with Crippen LogP contribution >= 0.6 is 0 Å². The molecule has 2 heterocycles. The van der Waals surface area contributed by atoms with E-state index >= 15 is 0 Å². The Labute approximate surface area is 189 Å². The quantitative estimate of drug-likeness (QED) is 0.471. The molecule has 1 unspecified atom stereocenters. The fourth-order valence-electron chi connectivity index (χ4n) is 3.79. The minimum Gasteiger partial charge on any atom is -0.334 e. The van der Waals surface area contributed by atoms with Gasteiger partial charge in [0.05, 0.1) is 11.1 Å². The van der Waals surface area contributed by atoms with Crippen molar-refractivity contribution in [1.82, 2.24) is 15.5 Å². The zero-order chi connectivity index (χ0) is 23.5. The number of carbonyl (C=O) groups excluding carboxylic acids is 5. The minimum absolute atomic E-state index is 0.0585. The molecule has 3 N–H and O–H groups in total. The molecule has 0 saturated carbocycles. The molecule has 33 heavy (non-hydrogen) atoms. The molecule has 10 heteroatoms. The maximum Gasteiger partial charge on any atom is 0.319 e. The van der Waals surface area contributed by atoms with E-state index in [2.05, 4.69) is 20.9 Å². The standard InChI is InChI=1S/C23H21N5O5/c1-24-11-13-2-5-15(6-3-13)26-23(33)25-12-14-4-7-16-17(10-14)22(32)28(21(16)31)18-8-9-19(29)27-20(18)30/h2-7,10-11,18H,8-9,12H2,1H3,(H2,25,26,33)(H,27,29,30). The fourth-order valence-corrected chi connectivity index (χ4v) is 3.79. The number of rotatable bonds is 5. The van der Waals surface area contributed by atoms with E-state index in [-0.39, 0.29) is 30.5 Å². The third kappa shape index (κ3) is 4.49. The Morgan fingerprint density at radius 3 is 2.52 bits per heavy atom. The number of nitrogens with one attached hydrogen (secondary N) is 3. The number of anilines is 1. The summed E-state index contributed by atoms with van der Waals surface area (Å²) >= 11 is 0. The highest BCUT2D eigenvalue weighted by molar-refractivity contribution is 6.23. The number of hydrogen-bond donors (Lipinski definition) is 3. The SMILES string of the molecule is CN=Cc1ccc(NC(=O)NCc2ccc3c(c2)C(=O)N(C2CCC(=O)NC2=O)C3=O)cc1. The second-order valence-electron chi connectivity index (χ2n) is 7.64. The summed E-state index contributed by atoms with van der Waals surface area (Å²) in [5.74, 6) is -2.25. The van der Waals surface area contributed by atoms with Crippen LogP contribution in [0.2, 0.25) is 0 Å². The van der Waals surface area contributed by atoms with E-state index in [0.29, 0.717) is 11.3 Å². The molecule has 0 bridgehead atoms. The van der Waals surface area contributed by atoms with Gasteiger partial charge in [0.2, 0.25) is 11.8 Å². The summed E-state index contributed by atoms with van der Waals surface area (Å²) in [7, 11) is 1.68. The monoisotopic (exact) mass is 447 g/mol. The van der Waals surface area contributed by atoms with E-state index in [9.17, 15) is 24.0 Å². The molecule has 10 nitrogen and oxygen atoms in total. The first-order valence-corrected chi connectivity index (χ1v) is 10.3. The maximum absolute atomic E-state index is 12.9. The Morgan fingerprint density at radius 1 is 1.09 bits per heavy atom. The number of nitrogens with zero attached hydrogens (tertiary/aromatic N) is 2. The van der Waals surface area contributed by atoms with Crippen LogP contribution in [0.1, 0.15) is 44.7 Å². The van der Waals surface area contributed by atoms with Gasteiger partial charge >= 0.3 is 6.03 Å². The number of urea groups is 1. The summed E-state index contributed by atoms with van der Waals surface area (Å²) in [4.78, 5) is 66.2. The van der Waals surface area contributed by atoms with Crippen molar-refractivity contribution in [2.24, 2.45) is 4.99 Å². The van der Waals surface area contributed by atoms with Gasteiger partial charge < -0.3 is 10.6 Å². The smallest absolute Gasteiger partial charge is 0.319 e. The van der Waals surface area contributed by atoms with Crippen molar-refractivity contribution in [3.63, 3.8) is 0 Å². The van der Waals surface area contributed by atoms with Crippen molar-refractivity contribution in [1.29, 1.82) is 0 Å². The van der Waals surface area contributed by atoms with Gasteiger partial charge in [-0.05, 0) is 41.8 Å². The number of fused-ring (bicyclic) bond motifs is 1. The molecular weight excluding hydrogens is 426 g/mol. The number of piperidine rings is 1. The molecule has 2 aliphatic rings. The van der Waals surface area contributed by atoms with Crippen molar-refractivity contribution in [3.8, 4) is 0 Å². The van der Waals surface area contributed by atoms with Crippen LogP contribution in [0.3, 0.4) is 0 Å². The van der Waals surface area contributed by atoms with Crippen LogP contribution in [0, 0.1) is 0 Å². The lowest BCUT2D eigenvalue weighted by Gasteiger charge is -2.27. The number of carbonyl (C=O) groups is 5. The highest BCUT2D eigenvalue weighted by Gasteiger charge is 2.44. The van der Waals surface area contributed by atoms with Crippen LogP contribution in [0.25, 0.3) is 0 Å². The van der Waals surface area contributed by atoms with Crippen LogP contribution in [-0.4, -0.2) is 53.9 Å². The summed E-state index contributed by atoms with van der Waals surface area (Å²) < 4.78 is 0. The highest BCUT2D eigenvalue weighted by atomic mass is 16.2. The second kappa shape index (κ2) is 9.03. The van der Waals surface area contributed by atoms with Crippen molar-refractivity contribution in [3.05, 3.63) is 64.7 Å². The van der Waals surface area contributed by atoms with Gasteiger partial charge in [-0.15, -0.1) is 0 Å². The van der Waals surface area contributed by atoms with Crippen LogP contribution in [0.5, 0.6) is 0 Å². The summed E-state index contributed by atoms with van der Waals surface area (Å²) in [6.45, 7) is 0.125. The summed E-state index contributed by atoms with van der Waals surface area (Å²) in [5.41, 5.74) is 2.48. The topological polar surface area (TPSA) is 137 Å². The molecule has 168 valence electrons. The maximum atomic E-state index is 12.9. The highest BCUT2D eigenvalue weighted by Crippen LogP contribution is 2.28. The lowest BCUT2D eigenvalue weighted by atomic mass is 10.0. The molecular formula is C23H21N5O5. The molecule has 0 spiro atoms. The van der Waals surface area contributed by atoms with E-state index in [0.717, 1.165) is 10.5 Å². The van der Waals surface area contributed by atoms with E-state index < -0.39 is 35.7 Å². The third-order valence-electron chi connectivity index (χ3n) is 5.40. The van der Waals surface area contributed by atoms with Crippen molar-refractivity contribution in [2.75, 3.05) is 12.4 Å². The molecule has 4 rings (SSSR count). The van der Waals surface area contributed by atoms with Crippen LogP contribution in [0.15, 0.2) is 47.5 Å². The predicted octanol–water partition coefficient (Wildman–Crippen LogP) is 1.46. The van der Waals surface area contributed by atoms with Gasteiger partial charge in [0.15, 0.2) is 0 Å². The Morgan fingerprint density at radius 2 is 1.82 bits per heavy atom. The van der Waals surface area contributed by atoms with Gasteiger partial charge in [-0.25, -0.2) is 4.79 Å². The minimum atomic E-state index is -1.02. The average molecular weight is 447 g/mol. The zero-order valence-corrected chi connectivity index (χ0v) is 17.8. The molecule has 6 amide bonds. The Hall–Kier alpha value is -4.34. The van der Waals surface area contributed by atoms with Gasteiger partial charge in [-0.3, -0.25) is 34.4 Å². The van der Waals surface area contributed by atoms with Gasteiger partial charge in [-0.2, -0.15) is 0 Å². The molecule has 1 fully saturated rings. The molecule has 2 aliphatic heterocycles. The molecule has 0 aromatic heterocycles. The number of aliphatic imine (C=N–C) groups is 1. The normalized spacial score (nSPS) is 17.8. The van der Waals surface area contributed by atoms with Gasteiger partial charge in [-0.1, -0.05) is 18.2 Å². The average Bonchev–Trinajstić information content (AvgIpc) is 3.04. The number of imide groups is 2. The first-order chi connectivity index (χ1) is 15.9. The second-order valence-corrected chi connectivity index (χ2v) is 7.64. The first kappa shape index (κ1) is 21.9. The molecule has 0 radical (unpaired) electrons. The number of amides is 6. The van der Waals surface area contributed by atoms with Crippen LogP contribution < -0.4 is 16.0 Å². The van der Waals surface area contributed by atoms with E-state index in [1.807, 2.05) is 12.1 Å². The Balaban J connectivity index is 1.40. The molecule has 2 aromatic rings. The number of hydrogen-bond acceptors (Lipinski definition) is 6. The lowest BCUT2D eigenvalue weighted by Crippen LogP contribution is -2.54. The van der Waals surface area contributed by atoms with Gasteiger partial charge in [0.25, 0.3) is 11.8 Å². The summed E-state index contributed by atoms with van der Waals surface area (Å²) in [6, 6.07) is 10.4. The Bertz CT molecular complexity index is 1190. The van der Waals surface area contributed by atoms with Crippen molar-refractivity contribution < 1.29 is 24.0 Å². The molecule has 1 saturated heterocycles. The van der Waals surface area contributed by atoms with Gasteiger partial charge in [0.1, 0.15) is 6.04 Å². The fraction of sp³-hybridized carbons (Fsp3) is 0.217. The molecule has 0 aliphatic carbocycles. The summed E-state index contributed by atoms with van der Waals surface area (Å²) in [5, 5.41) is 7.58. The zero-order valence-electron chi connectivity index (χ0n) is 17.8. The van der Waals surface area contributed by atoms with Crippen molar-refractivity contribution in [2.45, 2.75) is 25.4 Å².